The van der Waals surface area contributed by atoms with Crippen LogP contribution in [0.1, 0.15) is 69.2 Å². The number of hydrogen-bond acceptors (Lipinski definition) is 2. The Morgan fingerprint density at radius 2 is 1.90 bits per heavy atom. The fourth-order valence-electron chi connectivity index (χ4n) is 3.02. The van der Waals surface area contributed by atoms with E-state index in [2.05, 4.69) is 45.1 Å². The summed E-state index contributed by atoms with van der Waals surface area (Å²) in [5, 5.41) is 3.81. The molecule has 0 spiro atoms. The number of benzene rings is 1. The van der Waals surface area contributed by atoms with Crippen LogP contribution in [0, 0.1) is 6.92 Å². The summed E-state index contributed by atoms with van der Waals surface area (Å²) in [7, 11) is 0. The van der Waals surface area contributed by atoms with Crippen LogP contribution in [0.15, 0.2) is 12.1 Å². The standard InChI is InChI=1S/C18H27NO/c1-12-10-13(18(2,3)4)11-15-16(19-14-7-8-14)6-5-9-20-17(12)15/h10-11,14,16,19H,5-9H2,1-4H3. The van der Waals surface area contributed by atoms with E-state index in [0.29, 0.717) is 6.04 Å². The summed E-state index contributed by atoms with van der Waals surface area (Å²) in [6, 6.07) is 5.90. The van der Waals surface area contributed by atoms with Crippen LogP contribution >= 0.6 is 0 Å². The maximum atomic E-state index is 6.04. The fourth-order valence-corrected chi connectivity index (χ4v) is 3.02. The first-order valence-electron chi connectivity index (χ1n) is 7.99. The van der Waals surface area contributed by atoms with Crippen LogP contribution in [-0.2, 0) is 5.41 Å². The van der Waals surface area contributed by atoms with Crippen LogP contribution in [0.3, 0.4) is 0 Å². The van der Waals surface area contributed by atoms with E-state index in [1.807, 2.05) is 0 Å². The van der Waals surface area contributed by atoms with Crippen molar-refractivity contribution in [1.82, 2.24) is 5.32 Å². The Labute approximate surface area is 122 Å². The molecule has 0 saturated heterocycles. The summed E-state index contributed by atoms with van der Waals surface area (Å²) in [5.74, 6) is 1.13. The van der Waals surface area contributed by atoms with Crippen molar-refractivity contribution in [1.29, 1.82) is 0 Å². The van der Waals surface area contributed by atoms with Crippen molar-refractivity contribution in [3.8, 4) is 5.75 Å². The van der Waals surface area contributed by atoms with Crippen molar-refractivity contribution in [3.05, 3.63) is 28.8 Å². The molecule has 20 heavy (non-hydrogen) atoms. The lowest BCUT2D eigenvalue weighted by Crippen LogP contribution is -2.24. The third kappa shape index (κ3) is 2.85. The number of ether oxygens (including phenoxy) is 1. The third-order valence-corrected chi connectivity index (χ3v) is 4.44. The van der Waals surface area contributed by atoms with Gasteiger partial charge in [0.2, 0.25) is 0 Å². The number of aryl methyl sites for hydroxylation is 1. The fraction of sp³-hybridized carbons (Fsp3) is 0.667. The zero-order valence-corrected chi connectivity index (χ0v) is 13.3. The van der Waals surface area contributed by atoms with E-state index in [1.165, 1.54) is 36.0 Å². The zero-order chi connectivity index (χ0) is 14.3. The van der Waals surface area contributed by atoms with Crippen molar-refractivity contribution >= 4 is 0 Å². The van der Waals surface area contributed by atoms with Gasteiger partial charge in [-0.3, -0.25) is 0 Å². The van der Waals surface area contributed by atoms with Crippen molar-refractivity contribution < 1.29 is 4.74 Å². The van der Waals surface area contributed by atoms with Gasteiger partial charge in [0.1, 0.15) is 5.75 Å². The van der Waals surface area contributed by atoms with Gasteiger partial charge in [0.15, 0.2) is 0 Å². The molecule has 1 aromatic carbocycles. The van der Waals surface area contributed by atoms with Gasteiger partial charge in [-0.2, -0.15) is 0 Å². The molecule has 1 fully saturated rings. The van der Waals surface area contributed by atoms with E-state index < -0.39 is 0 Å². The van der Waals surface area contributed by atoms with Gasteiger partial charge < -0.3 is 10.1 Å². The van der Waals surface area contributed by atoms with Gasteiger partial charge in [-0.15, -0.1) is 0 Å². The van der Waals surface area contributed by atoms with Crippen molar-refractivity contribution in [2.45, 2.75) is 70.9 Å². The second kappa shape index (κ2) is 5.07. The molecule has 2 aliphatic rings. The summed E-state index contributed by atoms with van der Waals surface area (Å²) in [4.78, 5) is 0. The molecule has 1 aliphatic carbocycles. The van der Waals surface area contributed by atoms with E-state index in [0.717, 1.165) is 24.8 Å². The topological polar surface area (TPSA) is 21.3 Å². The summed E-state index contributed by atoms with van der Waals surface area (Å²) in [6.45, 7) is 9.90. The average molecular weight is 273 g/mol. The smallest absolute Gasteiger partial charge is 0.126 e. The summed E-state index contributed by atoms with van der Waals surface area (Å²) < 4.78 is 6.04. The van der Waals surface area contributed by atoms with Crippen LogP contribution in [0.5, 0.6) is 5.75 Å². The van der Waals surface area contributed by atoms with Crippen molar-refractivity contribution in [2.24, 2.45) is 0 Å². The number of nitrogens with one attached hydrogen (secondary N) is 1. The van der Waals surface area contributed by atoms with Gasteiger partial charge in [0.05, 0.1) is 6.61 Å². The molecule has 1 aromatic rings. The largest absolute Gasteiger partial charge is 0.493 e. The Morgan fingerprint density at radius 3 is 2.55 bits per heavy atom. The monoisotopic (exact) mass is 273 g/mol. The van der Waals surface area contributed by atoms with Crippen LogP contribution in [-0.4, -0.2) is 12.6 Å². The molecule has 0 bridgehead atoms. The lowest BCUT2D eigenvalue weighted by Gasteiger charge is -2.25. The molecule has 1 saturated carbocycles. The van der Waals surface area contributed by atoms with Crippen LogP contribution in [0.25, 0.3) is 0 Å². The quantitative estimate of drug-likeness (QED) is 0.869. The van der Waals surface area contributed by atoms with Crippen molar-refractivity contribution in [3.63, 3.8) is 0 Å². The van der Waals surface area contributed by atoms with Gasteiger partial charge >= 0.3 is 0 Å². The molecule has 110 valence electrons. The maximum Gasteiger partial charge on any atom is 0.126 e. The SMILES string of the molecule is Cc1cc(C(C)(C)C)cc2c1OCCCC2NC1CC1. The summed E-state index contributed by atoms with van der Waals surface area (Å²) >= 11 is 0. The van der Waals surface area contributed by atoms with Gasteiger partial charge in [-0.05, 0) is 55.2 Å². The highest BCUT2D eigenvalue weighted by molar-refractivity contribution is 5.48. The molecule has 1 unspecified atom stereocenters. The Kier molecular flexibility index (Phi) is 3.53. The summed E-state index contributed by atoms with van der Waals surface area (Å²) in [6.07, 6.45) is 5.01. The van der Waals surface area contributed by atoms with Crippen molar-refractivity contribution in [2.75, 3.05) is 6.61 Å². The van der Waals surface area contributed by atoms with Crippen LogP contribution < -0.4 is 10.1 Å². The van der Waals surface area contributed by atoms with Crippen LogP contribution in [0.2, 0.25) is 0 Å². The van der Waals surface area contributed by atoms with Gasteiger partial charge in [-0.25, -0.2) is 0 Å². The summed E-state index contributed by atoms with van der Waals surface area (Å²) in [5.41, 5.74) is 4.29. The van der Waals surface area contributed by atoms with Gasteiger partial charge in [0, 0.05) is 17.6 Å². The Hall–Kier alpha value is -1.02. The second-order valence-electron chi connectivity index (χ2n) is 7.45. The van der Waals surface area contributed by atoms with E-state index in [9.17, 15) is 0 Å². The molecule has 0 amide bonds. The van der Waals surface area contributed by atoms with Gasteiger partial charge in [-0.1, -0.05) is 26.8 Å². The molecule has 1 atom stereocenters. The molecular formula is C18H27NO. The first kappa shape index (κ1) is 13.9. The number of fused-ring (bicyclic) bond motifs is 1. The van der Waals surface area contributed by atoms with Gasteiger partial charge in [0.25, 0.3) is 0 Å². The van der Waals surface area contributed by atoms with E-state index in [1.54, 1.807) is 0 Å². The Morgan fingerprint density at radius 1 is 1.15 bits per heavy atom. The molecular weight excluding hydrogens is 246 g/mol. The van der Waals surface area contributed by atoms with Crippen LogP contribution in [0.4, 0.5) is 0 Å². The van der Waals surface area contributed by atoms with E-state index in [-0.39, 0.29) is 5.41 Å². The second-order valence-corrected chi connectivity index (χ2v) is 7.45. The Balaban J connectivity index is 2.02. The minimum atomic E-state index is 0.191. The van der Waals surface area contributed by atoms with E-state index >= 15 is 0 Å². The lowest BCUT2D eigenvalue weighted by molar-refractivity contribution is 0.313. The normalized spacial score (nSPS) is 22.9. The lowest BCUT2D eigenvalue weighted by atomic mass is 9.83. The first-order valence-corrected chi connectivity index (χ1v) is 7.99. The molecule has 1 aliphatic heterocycles. The number of rotatable bonds is 2. The minimum Gasteiger partial charge on any atom is -0.493 e. The van der Waals surface area contributed by atoms with E-state index in [4.69, 9.17) is 4.74 Å². The molecule has 1 heterocycles. The molecule has 0 radical (unpaired) electrons. The third-order valence-electron chi connectivity index (χ3n) is 4.44. The zero-order valence-electron chi connectivity index (χ0n) is 13.3. The maximum absolute atomic E-state index is 6.04. The highest BCUT2D eigenvalue weighted by Crippen LogP contribution is 2.39. The average Bonchev–Trinajstić information content (AvgIpc) is 3.17. The number of hydrogen-bond donors (Lipinski definition) is 1. The highest BCUT2D eigenvalue weighted by atomic mass is 16.5. The predicted octanol–water partition coefficient (Wildman–Crippen LogP) is 4.26. The Bertz CT molecular complexity index is 497. The molecule has 2 nitrogen and oxygen atoms in total. The molecule has 3 rings (SSSR count). The minimum absolute atomic E-state index is 0.191. The molecule has 1 N–H and O–H groups in total. The predicted molar refractivity (Wildman–Crippen MR) is 83.5 cm³/mol. The first-order chi connectivity index (χ1) is 9.45. The highest BCUT2D eigenvalue weighted by Gasteiger charge is 2.29. The molecule has 0 aromatic heterocycles. The molecule has 2 heteroatoms.